The van der Waals surface area contributed by atoms with Crippen LogP contribution in [0.5, 0.6) is 0 Å². The number of imide groups is 1. The van der Waals surface area contributed by atoms with Crippen LogP contribution in [-0.2, 0) is 9.59 Å². The Balaban J connectivity index is 2.32. The van der Waals surface area contributed by atoms with E-state index >= 15 is 0 Å². The van der Waals surface area contributed by atoms with Crippen molar-refractivity contribution < 1.29 is 27.6 Å². The number of carbonyl (C=O) groups excluding carboxylic acids is 3. The Morgan fingerprint density at radius 1 is 1.09 bits per heavy atom. The van der Waals surface area contributed by atoms with Crippen molar-refractivity contribution in [2.45, 2.75) is 19.5 Å². The lowest BCUT2D eigenvalue weighted by Gasteiger charge is -2.20. The molecule has 1 rings (SSSR count). The summed E-state index contributed by atoms with van der Waals surface area (Å²) in [5, 5.41) is 3.40. The van der Waals surface area contributed by atoms with Gasteiger partial charge in [-0.3, -0.25) is 19.8 Å². The number of halogens is 3. The summed E-state index contributed by atoms with van der Waals surface area (Å²) in [5.74, 6) is -0.728. The van der Waals surface area contributed by atoms with Gasteiger partial charge in [0.1, 0.15) is 6.54 Å². The number of nitrogens with zero attached hydrogens (tertiary/aromatic N) is 2. The van der Waals surface area contributed by atoms with E-state index in [1.807, 2.05) is 5.32 Å². The zero-order chi connectivity index (χ0) is 16.8. The molecule has 0 aromatic rings. The minimum absolute atomic E-state index is 0.0437. The summed E-state index contributed by atoms with van der Waals surface area (Å²) in [5.41, 5.74) is 0. The summed E-state index contributed by atoms with van der Waals surface area (Å²) in [6.45, 7) is 1.98. The van der Waals surface area contributed by atoms with Crippen LogP contribution >= 0.6 is 0 Å². The zero-order valence-electron chi connectivity index (χ0n) is 12.2. The van der Waals surface area contributed by atoms with E-state index in [-0.39, 0.29) is 12.5 Å². The lowest BCUT2D eigenvalue weighted by atomic mass is 10.3. The fraction of sp³-hybridized carbons (Fsp3) is 0.750. The molecule has 0 aromatic heterocycles. The number of urea groups is 1. The van der Waals surface area contributed by atoms with E-state index in [9.17, 15) is 27.6 Å². The lowest BCUT2D eigenvalue weighted by Crippen LogP contribution is -2.47. The average molecular weight is 324 g/mol. The summed E-state index contributed by atoms with van der Waals surface area (Å²) in [6, 6.07) is -1.18. The third kappa shape index (κ3) is 7.25. The van der Waals surface area contributed by atoms with Gasteiger partial charge in [-0.05, 0) is 6.42 Å². The first-order valence-corrected chi connectivity index (χ1v) is 6.79. The molecule has 1 aliphatic heterocycles. The van der Waals surface area contributed by atoms with Crippen LogP contribution in [0.25, 0.3) is 0 Å². The molecule has 0 spiro atoms. The SMILES string of the molecule is CC(=O)N1CCCN(CC(=O)NC(=O)NCC(F)(F)F)CC1. The second kappa shape index (κ2) is 7.97. The number of hydrogen-bond donors (Lipinski definition) is 2. The summed E-state index contributed by atoms with van der Waals surface area (Å²) >= 11 is 0. The van der Waals surface area contributed by atoms with Gasteiger partial charge in [0.2, 0.25) is 11.8 Å². The molecule has 0 aliphatic carbocycles. The Bertz CT molecular complexity index is 428. The second-order valence-electron chi connectivity index (χ2n) is 4.98. The molecule has 0 aromatic carbocycles. The van der Waals surface area contributed by atoms with E-state index in [1.165, 1.54) is 6.92 Å². The first-order chi connectivity index (χ1) is 10.2. The highest BCUT2D eigenvalue weighted by atomic mass is 19.4. The summed E-state index contributed by atoms with van der Waals surface area (Å²) in [7, 11) is 0. The molecule has 1 saturated heterocycles. The van der Waals surface area contributed by atoms with E-state index in [0.29, 0.717) is 32.6 Å². The number of nitrogens with one attached hydrogen (secondary N) is 2. The first-order valence-electron chi connectivity index (χ1n) is 6.79. The predicted molar refractivity (Wildman–Crippen MR) is 70.9 cm³/mol. The van der Waals surface area contributed by atoms with Gasteiger partial charge in [0.25, 0.3) is 0 Å². The zero-order valence-corrected chi connectivity index (χ0v) is 12.2. The normalized spacial score (nSPS) is 16.8. The predicted octanol–water partition coefficient (Wildman–Crippen LogP) is -0.0713. The quantitative estimate of drug-likeness (QED) is 0.761. The van der Waals surface area contributed by atoms with Crippen LogP contribution in [0.3, 0.4) is 0 Å². The van der Waals surface area contributed by atoms with Gasteiger partial charge in [0, 0.05) is 33.1 Å². The number of rotatable bonds is 3. The van der Waals surface area contributed by atoms with E-state index in [2.05, 4.69) is 0 Å². The van der Waals surface area contributed by atoms with Crippen LogP contribution in [0.4, 0.5) is 18.0 Å². The molecule has 4 amide bonds. The first kappa shape index (κ1) is 18.2. The van der Waals surface area contributed by atoms with Crippen molar-refractivity contribution in [1.82, 2.24) is 20.4 Å². The fourth-order valence-electron chi connectivity index (χ4n) is 2.04. The molecular formula is C12H19F3N4O3. The van der Waals surface area contributed by atoms with E-state index in [4.69, 9.17) is 0 Å². The van der Waals surface area contributed by atoms with Crippen LogP contribution in [-0.4, -0.2) is 73.1 Å². The number of alkyl halides is 3. The molecule has 0 saturated carbocycles. The van der Waals surface area contributed by atoms with E-state index in [1.54, 1.807) is 15.1 Å². The monoisotopic (exact) mass is 324 g/mol. The third-order valence-corrected chi connectivity index (χ3v) is 3.10. The van der Waals surface area contributed by atoms with Crippen LogP contribution in [0.1, 0.15) is 13.3 Å². The average Bonchev–Trinajstić information content (AvgIpc) is 2.61. The van der Waals surface area contributed by atoms with E-state index in [0.717, 1.165) is 0 Å². The maximum atomic E-state index is 11.9. The van der Waals surface area contributed by atoms with Crippen LogP contribution in [0.15, 0.2) is 0 Å². The third-order valence-electron chi connectivity index (χ3n) is 3.10. The van der Waals surface area contributed by atoms with Crippen molar-refractivity contribution in [1.29, 1.82) is 0 Å². The minimum atomic E-state index is -4.53. The molecule has 22 heavy (non-hydrogen) atoms. The second-order valence-corrected chi connectivity index (χ2v) is 4.98. The molecule has 1 fully saturated rings. The highest BCUT2D eigenvalue weighted by molar-refractivity contribution is 5.95. The molecular weight excluding hydrogens is 305 g/mol. The van der Waals surface area contributed by atoms with Crippen LogP contribution < -0.4 is 10.6 Å². The Morgan fingerprint density at radius 2 is 1.77 bits per heavy atom. The van der Waals surface area contributed by atoms with E-state index < -0.39 is 24.7 Å². The molecule has 126 valence electrons. The fourth-order valence-corrected chi connectivity index (χ4v) is 2.04. The van der Waals surface area contributed by atoms with Gasteiger partial charge in [-0.1, -0.05) is 0 Å². The molecule has 7 nitrogen and oxygen atoms in total. The van der Waals surface area contributed by atoms with Gasteiger partial charge in [-0.25, -0.2) is 4.79 Å². The molecule has 1 aliphatic rings. The molecule has 10 heteroatoms. The van der Waals surface area contributed by atoms with Gasteiger partial charge in [-0.2, -0.15) is 13.2 Å². The summed E-state index contributed by atoms with van der Waals surface area (Å²) in [6.07, 6.45) is -3.84. The summed E-state index contributed by atoms with van der Waals surface area (Å²) < 4.78 is 35.7. The Hall–Kier alpha value is -1.84. The molecule has 0 atom stereocenters. The molecule has 1 heterocycles. The Kier molecular flexibility index (Phi) is 6.60. The molecule has 2 N–H and O–H groups in total. The number of amides is 4. The van der Waals surface area contributed by atoms with Crippen molar-refractivity contribution in [3.8, 4) is 0 Å². The topological polar surface area (TPSA) is 81.8 Å². The maximum Gasteiger partial charge on any atom is 0.405 e. The Labute approximate surface area is 125 Å². The molecule has 0 radical (unpaired) electrons. The largest absolute Gasteiger partial charge is 0.405 e. The number of carbonyl (C=O) groups is 3. The highest BCUT2D eigenvalue weighted by Gasteiger charge is 2.28. The van der Waals surface area contributed by atoms with Gasteiger partial charge >= 0.3 is 12.2 Å². The minimum Gasteiger partial charge on any atom is -0.342 e. The molecule has 0 bridgehead atoms. The van der Waals surface area contributed by atoms with Crippen molar-refractivity contribution in [3.63, 3.8) is 0 Å². The Morgan fingerprint density at radius 3 is 2.36 bits per heavy atom. The summed E-state index contributed by atoms with van der Waals surface area (Å²) in [4.78, 5) is 37.4. The van der Waals surface area contributed by atoms with Crippen molar-refractivity contribution in [2.75, 3.05) is 39.3 Å². The maximum absolute atomic E-state index is 11.9. The standard InChI is InChI=1S/C12H19F3N4O3/c1-9(20)19-4-2-3-18(5-6-19)7-10(21)17-11(22)16-8-12(13,14)15/h2-8H2,1H3,(H2,16,17,21,22). The van der Waals surface area contributed by atoms with Gasteiger partial charge < -0.3 is 10.2 Å². The van der Waals surface area contributed by atoms with Gasteiger partial charge in [0.15, 0.2) is 0 Å². The van der Waals surface area contributed by atoms with Crippen LogP contribution in [0.2, 0.25) is 0 Å². The van der Waals surface area contributed by atoms with Crippen molar-refractivity contribution in [2.24, 2.45) is 0 Å². The van der Waals surface area contributed by atoms with Gasteiger partial charge in [0.05, 0.1) is 6.54 Å². The lowest BCUT2D eigenvalue weighted by molar-refractivity contribution is -0.128. The highest BCUT2D eigenvalue weighted by Crippen LogP contribution is 2.11. The molecule has 0 unspecified atom stereocenters. The van der Waals surface area contributed by atoms with Crippen molar-refractivity contribution >= 4 is 17.8 Å². The van der Waals surface area contributed by atoms with Gasteiger partial charge in [-0.15, -0.1) is 0 Å². The van der Waals surface area contributed by atoms with Crippen molar-refractivity contribution in [3.05, 3.63) is 0 Å². The number of hydrogen-bond acceptors (Lipinski definition) is 4. The smallest absolute Gasteiger partial charge is 0.342 e. The van der Waals surface area contributed by atoms with Crippen LogP contribution in [0, 0.1) is 0 Å².